The minimum Gasteiger partial charge on any atom is -0.399 e. The highest BCUT2D eigenvalue weighted by atomic mass is 16.7. The first kappa shape index (κ1) is 17.9. The highest BCUT2D eigenvalue weighted by Crippen LogP contribution is 2.36. The summed E-state index contributed by atoms with van der Waals surface area (Å²) < 4.78 is 18.0. The van der Waals surface area contributed by atoms with Gasteiger partial charge in [0.05, 0.1) is 23.9 Å². The van der Waals surface area contributed by atoms with E-state index >= 15 is 0 Å². The highest BCUT2D eigenvalue weighted by Gasteiger charge is 2.51. The Hall–Kier alpha value is -0.875. The van der Waals surface area contributed by atoms with Gasteiger partial charge in [0, 0.05) is 19.1 Å². The Labute approximate surface area is 146 Å². The summed E-state index contributed by atoms with van der Waals surface area (Å²) in [6.45, 7) is 15.5. The molecule has 2 unspecified atom stereocenters. The number of hydrogen-bond acceptors (Lipinski definition) is 4. The Morgan fingerprint density at radius 3 is 2.21 bits per heavy atom. The van der Waals surface area contributed by atoms with Crippen LogP contribution in [0, 0.1) is 0 Å². The van der Waals surface area contributed by atoms with Crippen LogP contribution in [0.4, 0.5) is 0 Å². The van der Waals surface area contributed by atoms with E-state index in [4.69, 9.17) is 14.0 Å². The molecule has 0 aliphatic carbocycles. The van der Waals surface area contributed by atoms with Crippen LogP contribution in [-0.2, 0) is 20.6 Å². The number of morpholine rings is 1. The summed E-state index contributed by atoms with van der Waals surface area (Å²) in [6.07, 6.45) is 0.294. The van der Waals surface area contributed by atoms with Crippen molar-refractivity contribution >= 4 is 12.6 Å². The number of ether oxygens (including phenoxy) is 1. The Bertz CT molecular complexity index is 556. The molecule has 1 aromatic rings. The number of hydrogen-bond donors (Lipinski definition) is 0. The molecule has 2 fully saturated rings. The van der Waals surface area contributed by atoms with Crippen molar-refractivity contribution in [1.82, 2.24) is 4.90 Å². The standard InChI is InChI=1S/C19H30BNO3/c1-14-15(2)22-12-11-21(14)13-16-7-9-17(10-8-16)20-23-18(3,4)19(5,6)24-20/h7-10,14-15H,11-13H2,1-6H3. The molecule has 2 heterocycles. The van der Waals surface area contributed by atoms with Gasteiger partial charge in [0.15, 0.2) is 0 Å². The third-order valence-corrected chi connectivity index (χ3v) is 5.91. The van der Waals surface area contributed by atoms with Gasteiger partial charge in [-0.3, -0.25) is 4.90 Å². The van der Waals surface area contributed by atoms with E-state index in [2.05, 4.69) is 70.7 Å². The molecule has 2 aliphatic rings. The zero-order chi connectivity index (χ0) is 17.5. The predicted octanol–water partition coefficient (Wildman–Crippen LogP) is 2.60. The van der Waals surface area contributed by atoms with Gasteiger partial charge < -0.3 is 14.0 Å². The van der Waals surface area contributed by atoms with Crippen molar-refractivity contribution in [1.29, 1.82) is 0 Å². The average Bonchev–Trinajstić information content (AvgIpc) is 2.73. The maximum absolute atomic E-state index is 6.12. The number of nitrogens with zero attached hydrogens (tertiary/aromatic N) is 1. The first-order valence-corrected chi connectivity index (χ1v) is 9.00. The first-order valence-electron chi connectivity index (χ1n) is 9.00. The quantitative estimate of drug-likeness (QED) is 0.797. The predicted molar refractivity (Wildman–Crippen MR) is 97.4 cm³/mol. The highest BCUT2D eigenvalue weighted by molar-refractivity contribution is 6.62. The molecule has 0 aromatic heterocycles. The third-order valence-electron chi connectivity index (χ3n) is 5.91. The molecule has 24 heavy (non-hydrogen) atoms. The SMILES string of the molecule is CC1OCCN(Cc2ccc(B3OC(C)(C)C(C)(C)O3)cc2)C1C. The van der Waals surface area contributed by atoms with E-state index in [-0.39, 0.29) is 18.3 Å². The van der Waals surface area contributed by atoms with Crippen LogP contribution < -0.4 is 5.46 Å². The van der Waals surface area contributed by atoms with Crippen LogP contribution in [-0.4, -0.2) is 48.5 Å². The smallest absolute Gasteiger partial charge is 0.399 e. The van der Waals surface area contributed by atoms with Crippen LogP contribution in [0.1, 0.15) is 47.1 Å². The summed E-state index contributed by atoms with van der Waals surface area (Å²) >= 11 is 0. The van der Waals surface area contributed by atoms with Crippen molar-refractivity contribution < 1.29 is 14.0 Å². The third kappa shape index (κ3) is 3.41. The van der Waals surface area contributed by atoms with Crippen LogP contribution in [0.25, 0.3) is 0 Å². The lowest BCUT2D eigenvalue weighted by atomic mass is 9.79. The fraction of sp³-hybridized carbons (Fsp3) is 0.684. The van der Waals surface area contributed by atoms with Gasteiger partial charge in [-0.15, -0.1) is 0 Å². The molecule has 1 aromatic carbocycles. The fourth-order valence-electron chi connectivity index (χ4n) is 3.21. The zero-order valence-electron chi connectivity index (χ0n) is 15.8. The van der Waals surface area contributed by atoms with Gasteiger partial charge >= 0.3 is 7.12 Å². The molecule has 0 amide bonds. The van der Waals surface area contributed by atoms with Crippen LogP contribution in [0.2, 0.25) is 0 Å². The summed E-state index contributed by atoms with van der Waals surface area (Å²) in [5, 5.41) is 0. The Balaban J connectivity index is 1.66. The van der Waals surface area contributed by atoms with Gasteiger partial charge in [-0.2, -0.15) is 0 Å². The largest absolute Gasteiger partial charge is 0.494 e. The second kappa shape index (κ2) is 6.45. The monoisotopic (exact) mass is 331 g/mol. The molecule has 3 rings (SSSR count). The van der Waals surface area contributed by atoms with E-state index in [1.54, 1.807) is 0 Å². The molecule has 2 atom stereocenters. The van der Waals surface area contributed by atoms with E-state index in [9.17, 15) is 0 Å². The summed E-state index contributed by atoms with van der Waals surface area (Å²) in [5.41, 5.74) is 1.81. The van der Waals surface area contributed by atoms with Crippen LogP contribution in [0.5, 0.6) is 0 Å². The summed E-state index contributed by atoms with van der Waals surface area (Å²) in [4.78, 5) is 2.48. The van der Waals surface area contributed by atoms with Crippen LogP contribution in [0.15, 0.2) is 24.3 Å². The van der Waals surface area contributed by atoms with Crippen LogP contribution in [0.3, 0.4) is 0 Å². The van der Waals surface area contributed by atoms with Crippen molar-refractivity contribution in [3.8, 4) is 0 Å². The van der Waals surface area contributed by atoms with Crippen molar-refractivity contribution in [3.05, 3.63) is 29.8 Å². The molecule has 5 heteroatoms. The topological polar surface area (TPSA) is 30.9 Å². The van der Waals surface area contributed by atoms with Crippen LogP contribution >= 0.6 is 0 Å². The molecule has 0 saturated carbocycles. The zero-order valence-corrected chi connectivity index (χ0v) is 15.8. The molecule has 4 nitrogen and oxygen atoms in total. The van der Waals surface area contributed by atoms with Crippen molar-refractivity contribution in [3.63, 3.8) is 0 Å². The second-order valence-corrected chi connectivity index (χ2v) is 8.12. The minimum absolute atomic E-state index is 0.286. The molecule has 0 bridgehead atoms. The van der Waals surface area contributed by atoms with E-state index in [0.717, 1.165) is 25.2 Å². The molecular formula is C19H30BNO3. The first-order chi connectivity index (χ1) is 11.2. The Morgan fingerprint density at radius 2 is 1.62 bits per heavy atom. The summed E-state index contributed by atoms with van der Waals surface area (Å²) in [5.74, 6) is 0. The van der Waals surface area contributed by atoms with Crippen molar-refractivity contribution in [2.24, 2.45) is 0 Å². The minimum atomic E-state index is -0.296. The Morgan fingerprint density at radius 1 is 1.04 bits per heavy atom. The normalized spacial score (nSPS) is 29.8. The van der Waals surface area contributed by atoms with Gasteiger partial charge in [0.25, 0.3) is 0 Å². The molecule has 0 N–H and O–H groups in total. The molecule has 0 radical (unpaired) electrons. The molecule has 2 aliphatic heterocycles. The fourth-order valence-corrected chi connectivity index (χ4v) is 3.21. The molecule has 132 valence electrons. The van der Waals surface area contributed by atoms with Crippen molar-refractivity contribution in [2.75, 3.05) is 13.2 Å². The second-order valence-electron chi connectivity index (χ2n) is 8.12. The Kier molecular flexibility index (Phi) is 4.82. The molecule has 0 spiro atoms. The van der Waals surface area contributed by atoms with E-state index in [1.165, 1.54) is 5.56 Å². The van der Waals surface area contributed by atoms with Gasteiger partial charge in [-0.25, -0.2) is 0 Å². The number of benzene rings is 1. The molecule has 2 saturated heterocycles. The van der Waals surface area contributed by atoms with Gasteiger partial charge in [-0.1, -0.05) is 24.3 Å². The lowest BCUT2D eigenvalue weighted by Crippen LogP contribution is -2.47. The van der Waals surface area contributed by atoms with Gasteiger partial charge in [0.2, 0.25) is 0 Å². The maximum atomic E-state index is 6.12. The van der Waals surface area contributed by atoms with E-state index in [1.807, 2.05) is 0 Å². The van der Waals surface area contributed by atoms with Crippen molar-refractivity contribution in [2.45, 2.75) is 71.4 Å². The maximum Gasteiger partial charge on any atom is 0.494 e. The molecular weight excluding hydrogens is 301 g/mol. The van der Waals surface area contributed by atoms with Gasteiger partial charge in [0.1, 0.15) is 0 Å². The van der Waals surface area contributed by atoms with Gasteiger partial charge in [-0.05, 0) is 52.6 Å². The lowest BCUT2D eigenvalue weighted by Gasteiger charge is -2.37. The summed E-state index contributed by atoms with van der Waals surface area (Å²) in [7, 11) is -0.286. The summed E-state index contributed by atoms with van der Waals surface area (Å²) in [6, 6.07) is 9.08. The average molecular weight is 331 g/mol. The lowest BCUT2D eigenvalue weighted by molar-refractivity contribution is -0.0584. The van der Waals surface area contributed by atoms with E-state index in [0.29, 0.717) is 12.1 Å². The number of rotatable bonds is 3. The van der Waals surface area contributed by atoms with E-state index < -0.39 is 0 Å².